The number of nitrogens with one attached hydrogen (secondary N) is 1. The molecule has 1 amide bonds. The van der Waals surface area contributed by atoms with Crippen LogP contribution in [-0.4, -0.2) is 42.8 Å². The van der Waals surface area contributed by atoms with Crippen molar-refractivity contribution in [3.8, 4) is 17.2 Å². The molecule has 38 heavy (non-hydrogen) atoms. The molecule has 4 rings (SSSR count). The molecule has 0 aliphatic heterocycles. The van der Waals surface area contributed by atoms with Crippen LogP contribution < -0.4 is 19.5 Å². The molecule has 0 fully saturated rings. The number of hydrogen-bond acceptors (Lipinski definition) is 5. The van der Waals surface area contributed by atoms with Crippen LogP contribution in [0.25, 0.3) is 11.0 Å². The summed E-state index contributed by atoms with van der Waals surface area (Å²) in [4.78, 5) is 17.4. The van der Waals surface area contributed by atoms with Gasteiger partial charge in [0, 0.05) is 19.5 Å². The lowest BCUT2D eigenvalue weighted by molar-refractivity contribution is -0.120. The highest BCUT2D eigenvalue weighted by Crippen LogP contribution is 2.27. The zero-order valence-corrected chi connectivity index (χ0v) is 22.8. The zero-order chi connectivity index (χ0) is 26.9. The van der Waals surface area contributed by atoms with Gasteiger partial charge < -0.3 is 24.1 Å². The molecule has 1 N–H and O–H groups in total. The summed E-state index contributed by atoms with van der Waals surface area (Å²) >= 11 is 0. The molecule has 1 heterocycles. The summed E-state index contributed by atoms with van der Waals surface area (Å²) in [6.45, 7) is 6.21. The summed E-state index contributed by atoms with van der Waals surface area (Å²) in [5, 5.41) is 3.03. The van der Waals surface area contributed by atoms with Crippen molar-refractivity contribution in [2.75, 3.05) is 27.4 Å². The molecule has 0 spiro atoms. The van der Waals surface area contributed by atoms with E-state index in [9.17, 15) is 4.79 Å². The first-order chi connectivity index (χ1) is 18.5. The lowest BCUT2D eigenvalue weighted by Gasteiger charge is -2.12. The summed E-state index contributed by atoms with van der Waals surface area (Å²) in [6.07, 6.45) is 2.76. The van der Waals surface area contributed by atoms with Crippen LogP contribution in [-0.2, 0) is 24.2 Å². The highest BCUT2D eigenvalue weighted by atomic mass is 16.5. The number of nitrogens with zero attached hydrogens (tertiary/aromatic N) is 2. The summed E-state index contributed by atoms with van der Waals surface area (Å²) in [5.74, 6) is 3.23. The third kappa shape index (κ3) is 6.85. The summed E-state index contributed by atoms with van der Waals surface area (Å²) in [5.41, 5.74) is 5.36. The Balaban J connectivity index is 1.30. The normalized spacial score (nSPS) is 10.9. The number of hydrogen-bond donors (Lipinski definition) is 1. The van der Waals surface area contributed by atoms with Crippen molar-refractivity contribution in [1.29, 1.82) is 0 Å². The second-order valence-electron chi connectivity index (χ2n) is 9.46. The Labute approximate surface area is 224 Å². The number of methoxy groups -OCH3 is 2. The molecule has 0 saturated carbocycles. The smallest absolute Gasteiger partial charge is 0.224 e. The molecule has 1 aromatic heterocycles. The lowest BCUT2D eigenvalue weighted by atomic mass is 10.1. The Kier molecular flexibility index (Phi) is 9.25. The predicted octanol–water partition coefficient (Wildman–Crippen LogP) is 5.43. The van der Waals surface area contributed by atoms with E-state index >= 15 is 0 Å². The van der Waals surface area contributed by atoms with Crippen molar-refractivity contribution >= 4 is 16.9 Å². The number of para-hydroxylation sites is 2. The maximum absolute atomic E-state index is 12.5. The molecule has 0 saturated heterocycles. The van der Waals surface area contributed by atoms with Gasteiger partial charge in [0.1, 0.15) is 11.6 Å². The molecule has 0 atom stereocenters. The van der Waals surface area contributed by atoms with E-state index in [1.807, 2.05) is 36.4 Å². The van der Waals surface area contributed by atoms with Gasteiger partial charge >= 0.3 is 0 Å². The number of fused-ring (bicyclic) bond motifs is 1. The first kappa shape index (κ1) is 27.0. The van der Waals surface area contributed by atoms with Crippen molar-refractivity contribution in [1.82, 2.24) is 14.9 Å². The Morgan fingerprint density at radius 3 is 2.55 bits per heavy atom. The van der Waals surface area contributed by atoms with Gasteiger partial charge in [0.2, 0.25) is 5.91 Å². The largest absolute Gasteiger partial charge is 0.493 e. The van der Waals surface area contributed by atoms with Gasteiger partial charge in [-0.25, -0.2) is 4.98 Å². The van der Waals surface area contributed by atoms with E-state index in [-0.39, 0.29) is 5.91 Å². The van der Waals surface area contributed by atoms with E-state index in [0.29, 0.717) is 31.1 Å². The van der Waals surface area contributed by atoms with E-state index in [2.05, 4.69) is 48.0 Å². The Hall–Kier alpha value is -4.00. The SMILES string of the molecule is COc1ccc(CC(=O)NCCCc2nc3ccccc3n2CCCOc2cc(C)ccc2C)cc1OC. The Morgan fingerprint density at radius 1 is 0.921 bits per heavy atom. The lowest BCUT2D eigenvalue weighted by Crippen LogP contribution is -2.26. The molecule has 7 nitrogen and oxygen atoms in total. The van der Waals surface area contributed by atoms with E-state index in [1.165, 1.54) is 5.56 Å². The third-order valence-electron chi connectivity index (χ3n) is 6.57. The monoisotopic (exact) mass is 515 g/mol. The van der Waals surface area contributed by atoms with Gasteiger partial charge in [0.25, 0.3) is 0 Å². The van der Waals surface area contributed by atoms with Crippen LogP contribution in [0.5, 0.6) is 17.2 Å². The number of amides is 1. The average molecular weight is 516 g/mol. The number of aromatic nitrogens is 2. The fraction of sp³-hybridized carbons (Fsp3) is 0.355. The molecule has 3 aromatic carbocycles. The number of carbonyl (C=O) groups is 1. The van der Waals surface area contributed by atoms with Gasteiger partial charge in [-0.05, 0) is 73.7 Å². The molecule has 0 aliphatic carbocycles. The molecular weight excluding hydrogens is 478 g/mol. The summed E-state index contributed by atoms with van der Waals surface area (Å²) in [6, 6.07) is 20.1. The summed E-state index contributed by atoms with van der Waals surface area (Å²) in [7, 11) is 3.19. The first-order valence-corrected chi connectivity index (χ1v) is 13.1. The van der Waals surface area contributed by atoms with Crippen LogP contribution in [0, 0.1) is 13.8 Å². The van der Waals surface area contributed by atoms with Gasteiger partial charge in [0.15, 0.2) is 11.5 Å². The maximum atomic E-state index is 12.5. The first-order valence-electron chi connectivity index (χ1n) is 13.1. The van der Waals surface area contributed by atoms with Gasteiger partial charge in [-0.1, -0.05) is 30.3 Å². The molecule has 7 heteroatoms. The quantitative estimate of drug-likeness (QED) is 0.240. The van der Waals surface area contributed by atoms with Crippen LogP contribution in [0.4, 0.5) is 0 Å². The second kappa shape index (κ2) is 13.0. The van der Waals surface area contributed by atoms with E-state index in [1.54, 1.807) is 14.2 Å². The van der Waals surface area contributed by atoms with Crippen LogP contribution in [0.3, 0.4) is 0 Å². The van der Waals surface area contributed by atoms with Crippen molar-refractivity contribution in [3.63, 3.8) is 0 Å². The van der Waals surface area contributed by atoms with E-state index < -0.39 is 0 Å². The van der Waals surface area contributed by atoms with E-state index in [0.717, 1.165) is 59.5 Å². The highest BCUT2D eigenvalue weighted by Gasteiger charge is 2.12. The van der Waals surface area contributed by atoms with E-state index in [4.69, 9.17) is 19.2 Å². The molecular formula is C31H37N3O4. The van der Waals surface area contributed by atoms with Crippen molar-refractivity contribution < 1.29 is 19.0 Å². The fourth-order valence-corrected chi connectivity index (χ4v) is 4.55. The van der Waals surface area contributed by atoms with Gasteiger partial charge in [-0.3, -0.25) is 4.79 Å². The Bertz CT molecular complexity index is 1380. The molecule has 0 radical (unpaired) electrons. The van der Waals surface area contributed by atoms with Gasteiger partial charge in [-0.2, -0.15) is 0 Å². The fourth-order valence-electron chi connectivity index (χ4n) is 4.55. The number of ether oxygens (including phenoxy) is 3. The van der Waals surface area contributed by atoms with Crippen molar-refractivity contribution in [2.24, 2.45) is 0 Å². The van der Waals surface area contributed by atoms with Crippen LogP contribution in [0.2, 0.25) is 0 Å². The van der Waals surface area contributed by atoms with Crippen LogP contribution in [0.15, 0.2) is 60.7 Å². The number of aryl methyl sites for hydroxylation is 4. The molecule has 0 bridgehead atoms. The van der Waals surface area contributed by atoms with Gasteiger partial charge in [0.05, 0.1) is 38.3 Å². The minimum absolute atomic E-state index is 0.0192. The van der Waals surface area contributed by atoms with Crippen LogP contribution >= 0.6 is 0 Å². The van der Waals surface area contributed by atoms with Crippen molar-refractivity contribution in [2.45, 2.75) is 46.1 Å². The molecule has 0 unspecified atom stereocenters. The summed E-state index contributed by atoms with van der Waals surface area (Å²) < 4.78 is 19.0. The number of imidazole rings is 1. The predicted molar refractivity (Wildman–Crippen MR) is 150 cm³/mol. The van der Waals surface area contributed by atoms with Gasteiger partial charge in [-0.15, -0.1) is 0 Å². The Morgan fingerprint density at radius 2 is 1.74 bits per heavy atom. The minimum Gasteiger partial charge on any atom is -0.493 e. The molecule has 0 aliphatic rings. The molecule has 200 valence electrons. The highest BCUT2D eigenvalue weighted by molar-refractivity contribution is 5.79. The number of rotatable bonds is 13. The van der Waals surface area contributed by atoms with Crippen molar-refractivity contribution in [3.05, 3.63) is 83.2 Å². The second-order valence-corrected chi connectivity index (χ2v) is 9.46. The number of carbonyl (C=O) groups excluding carboxylic acids is 1. The standard InChI is InChI=1S/C31H37N3O4/c1-22-12-13-23(2)28(19-22)38-18-8-17-34-26-10-6-5-9-25(26)33-30(34)11-7-16-32-31(35)21-24-14-15-27(36-3)29(20-24)37-4/h5-6,9-10,12-15,19-20H,7-8,11,16-18,21H2,1-4H3,(H,32,35). The van der Waals surface area contributed by atoms with Crippen LogP contribution in [0.1, 0.15) is 35.4 Å². The minimum atomic E-state index is -0.0192. The average Bonchev–Trinajstić information content (AvgIpc) is 3.28. The zero-order valence-electron chi connectivity index (χ0n) is 22.8. The topological polar surface area (TPSA) is 74.6 Å². The maximum Gasteiger partial charge on any atom is 0.224 e. The third-order valence-corrected chi connectivity index (χ3v) is 6.57. The molecule has 4 aromatic rings. The number of benzene rings is 3.